The summed E-state index contributed by atoms with van der Waals surface area (Å²) in [6.45, 7) is 2.70. The summed E-state index contributed by atoms with van der Waals surface area (Å²) in [5.74, 6) is 0.623. The number of allylic oxidation sites excluding steroid dienone is 4. The highest BCUT2D eigenvalue weighted by Gasteiger charge is 2.05. The Bertz CT molecular complexity index is 667. The molecule has 0 aliphatic rings. The number of hydrogen-bond donors (Lipinski definition) is 2. The van der Waals surface area contributed by atoms with Crippen LogP contribution in [0.15, 0.2) is 42.5 Å². The molecular weight excluding hydrogens is 398 g/mol. The molecule has 180 valence electrons. The fourth-order valence-electron chi connectivity index (χ4n) is 3.57. The Balaban J connectivity index is 1.91. The lowest BCUT2D eigenvalue weighted by Crippen LogP contribution is -2.22. The molecule has 4 nitrogen and oxygen atoms in total. The number of ether oxygens (including phenoxy) is 1. The molecule has 1 aromatic rings. The van der Waals surface area contributed by atoms with Crippen LogP contribution in [0.4, 0.5) is 0 Å². The summed E-state index contributed by atoms with van der Waals surface area (Å²) in [6, 6.07) is 5.13. The topological polar surface area (TPSA) is 58.6 Å². The quantitative estimate of drug-likeness (QED) is 0.171. The molecule has 4 heteroatoms. The molecule has 1 aromatic carbocycles. The van der Waals surface area contributed by atoms with Gasteiger partial charge in [0.25, 0.3) is 0 Å². The van der Waals surface area contributed by atoms with Gasteiger partial charge in [0.2, 0.25) is 5.91 Å². The summed E-state index contributed by atoms with van der Waals surface area (Å²) in [5.41, 5.74) is 0.918. The molecule has 0 aliphatic heterocycles. The molecule has 0 fully saturated rings. The van der Waals surface area contributed by atoms with Crippen LogP contribution in [0.3, 0.4) is 0 Å². The van der Waals surface area contributed by atoms with E-state index in [1.54, 1.807) is 18.2 Å². The molecule has 1 rings (SSSR count). The number of unbranched alkanes of at least 4 members (excludes halogenated alkanes) is 10. The maximum Gasteiger partial charge on any atom is 0.220 e. The van der Waals surface area contributed by atoms with Crippen molar-refractivity contribution in [2.75, 3.05) is 7.11 Å². The van der Waals surface area contributed by atoms with Gasteiger partial charge in [0.1, 0.15) is 0 Å². The lowest BCUT2D eigenvalue weighted by molar-refractivity contribution is -0.121. The smallest absolute Gasteiger partial charge is 0.220 e. The molecular formula is C28H45NO3. The molecule has 1 amide bonds. The molecule has 0 saturated heterocycles. The van der Waals surface area contributed by atoms with Crippen molar-refractivity contribution in [2.24, 2.45) is 0 Å². The highest BCUT2D eigenvalue weighted by atomic mass is 16.5. The van der Waals surface area contributed by atoms with Crippen molar-refractivity contribution in [3.8, 4) is 11.5 Å². The number of carbonyl (C=O) groups excluding carboxylic acids is 1. The lowest BCUT2D eigenvalue weighted by atomic mass is 10.1. The van der Waals surface area contributed by atoms with Crippen LogP contribution in [0.2, 0.25) is 0 Å². The van der Waals surface area contributed by atoms with Gasteiger partial charge in [-0.3, -0.25) is 4.79 Å². The highest BCUT2D eigenvalue weighted by Crippen LogP contribution is 2.26. The van der Waals surface area contributed by atoms with Crippen molar-refractivity contribution < 1.29 is 14.6 Å². The third-order valence-corrected chi connectivity index (χ3v) is 5.59. The Labute approximate surface area is 196 Å². The summed E-state index contributed by atoms with van der Waals surface area (Å²) in [4.78, 5) is 12.0. The van der Waals surface area contributed by atoms with E-state index in [2.05, 4.69) is 36.5 Å². The van der Waals surface area contributed by atoms with E-state index in [0.29, 0.717) is 18.7 Å². The van der Waals surface area contributed by atoms with Crippen molar-refractivity contribution >= 4 is 5.91 Å². The molecule has 32 heavy (non-hydrogen) atoms. The maximum atomic E-state index is 12.0. The Morgan fingerprint density at radius 2 is 1.53 bits per heavy atom. The van der Waals surface area contributed by atoms with Gasteiger partial charge in [0, 0.05) is 13.0 Å². The first-order chi connectivity index (χ1) is 15.7. The van der Waals surface area contributed by atoms with E-state index < -0.39 is 0 Å². The normalized spacial score (nSPS) is 11.4. The average Bonchev–Trinajstić information content (AvgIpc) is 2.80. The number of rotatable bonds is 19. The van der Waals surface area contributed by atoms with Crippen LogP contribution >= 0.6 is 0 Å². The van der Waals surface area contributed by atoms with E-state index in [4.69, 9.17) is 4.74 Å². The van der Waals surface area contributed by atoms with Crippen LogP contribution in [0.25, 0.3) is 0 Å². The molecule has 0 unspecified atom stereocenters. The fraction of sp³-hybridized carbons (Fsp3) is 0.607. The number of phenolic OH excluding ortho intramolecular Hbond substituents is 1. The van der Waals surface area contributed by atoms with Crippen molar-refractivity contribution in [3.63, 3.8) is 0 Å². The first-order valence-corrected chi connectivity index (χ1v) is 12.6. The van der Waals surface area contributed by atoms with Gasteiger partial charge in [0.15, 0.2) is 11.5 Å². The Kier molecular flexibility index (Phi) is 16.9. The van der Waals surface area contributed by atoms with Crippen LogP contribution < -0.4 is 10.1 Å². The summed E-state index contributed by atoms with van der Waals surface area (Å²) in [6.07, 6.45) is 25.6. The second-order valence-electron chi connectivity index (χ2n) is 8.47. The zero-order valence-electron chi connectivity index (χ0n) is 20.4. The SMILES string of the molecule is CCCCC/C=C\C/C=C\CCCCCCCCCC(=O)NCc1ccc(O)c(OC)c1. The second-order valence-corrected chi connectivity index (χ2v) is 8.47. The number of aromatic hydroxyl groups is 1. The number of nitrogens with one attached hydrogen (secondary N) is 1. The van der Waals surface area contributed by atoms with Gasteiger partial charge in [0.05, 0.1) is 7.11 Å². The van der Waals surface area contributed by atoms with E-state index in [0.717, 1.165) is 24.8 Å². The van der Waals surface area contributed by atoms with Crippen molar-refractivity contribution in [3.05, 3.63) is 48.1 Å². The summed E-state index contributed by atoms with van der Waals surface area (Å²) in [7, 11) is 1.52. The summed E-state index contributed by atoms with van der Waals surface area (Å²) < 4.78 is 5.09. The van der Waals surface area contributed by atoms with Crippen molar-refractivity contribution in [2.45, 2.75) is 103 Å². The average molecular weight is 444 g/mol. The van der Waals surface area contributed by atoms with Gasteiger partial charge in [-0.05, 0) is 56.2 Å². The van der Waals surface area contributed by atoms with Crippen LogP contribution in [-0.2, 0) is 11.3 Å². The number of amides is 1. The predicted molar refractivity (Wildman–Crippen MR) is 135 cm³/mol. The first kappa shape index (κ1) is 27.8. The third-order valence-electron chi connectivity index (χ3n) is 5.59. The standard InChI is InChI=1S/C28H45NO3/c1-3-4-5-6-7-8-9-10-11-12-13-14-15-16-17-18-19-20-28(31)29-24-25-21-22-26(30)27(23-25)32-2/h7-8,10-11,21-23,30H,3-6,9,12-20,24H2,1-2H3,(H,29,31)/b8-7-,11-10-. The zero-order chi connectivity index (χ0) is 23.3. The summed E-state index contributed by atoms with van der Waals surface area (Å²) in [5, 5.41) is 12.5. The predicted octanol–water partition coefficient (Wildman–Crippen LogP) is 7.61. The van der Waals surface area contributed by atoms with Crippen molar-refractivity contribution in [1.29, 1.82) is 0 Å². The molecule has 0 aromatic heterocycles. The molecule has 0 radical (unpaired) electrons. The van der Waals surface area contributed by atoms with E-state index >= 15 is 0 Å². The molecule has 0 aliphatic carbocycles. The van der Waals surface area contributed by atoms with Gasteiger partial charge >= 0.3 is 0 Å². The van der Waals surface area contributed by atoms with Gasteiger partial charge in [-0.2, -0.15) is 0 Å². The van der Waals surface area contributed by atoms with E-state index in [1.165, 1.54) is 71.3 Å². The van der Waals surface area contributed by atoms with Gasteiger partial charge in [-0.1, -0.05) is 82.2 Å². The van der Waals surface area contributed by atoms with Crippen molar-refractivity contribution in [1.82, 2.24) is 5.32 Å². The summed E-state index contributed by atoms with van der Waals surface area (Å²) >= 11 is 0. The van der Waals surface area contributed by atoms with Gasteiger partial charge in [-0.15, -0.1) is 0 Å². The molecule has 0 spiro atoms. The second kappa shape index (κ2) is 19.5. The minimum atomic E-state index is 0.0830. The largest absolute Gasteiger partial charge is 0.504 e. The van der Waals surface area contributed by atoms with Gasteiger partial charge < -0.3 is 15.2 Å². The number of methoxy groups -OCH3 is 1. The minimum absolute atomic E-state index is 0.0830. The highest BCUT2D eigenvalue weighted by molar-refractivity contribution is 5.75. The number of phenols is 1. The lowest BCUT2D eigenvalue weighted by Gasteiger charge is -2.08. The Hall–Kier alpha value is -2.23. The van der Waals surface area contributed by atoms with E-state index in [9.17, 15) is 9.90 Å². The Morgan fingerprint density at radius 3 is 2.19 bits per heavy atom. The molecule has 0 heterocycles. The van der Waals surface area contributed by atoms with Crippen LogP contribution in [0.5, 0.6) is 11.5 Å². The first-order valence-electron chi connectivity index (χ1n) is 12.6. The van der Waals surface area contributed by atoms with Crippen LogP contribution in [0, 0.1) is 0 Å². The molecule has 0 saturated carbocycles. The van der Waals surface area contributed by atoms with E-state index in [-0.39, 0.29) is 11.7 Å². The molecule has 2 N–H and O–H groups in total. The van der Waals surface area contributed by atoms with E-state index in [1.807, 2.05) is 0 Å². The van der Waals surface area contributed by atoms with Gasteiger partial charge in [-0.25, -0.2) is 0 Å². The minimum Gasteiger partial charge on any atom is -0.504 e. The number of carbonyl (C=O) groups is 1. The third kappa shape index (κ3) is 14.7. The fourth-order valence-corrected chi connectivity index (χ4v) is 3.57. The molecule has 0 bridgehead atoms. The Morgan fingerprint density at radius 1 is 0.906 bits per heavy atom. The number of benzene rings is 1. The van der Waals surface area contributed by atoms with Crippen LogP contribution in [-0.4, -0.2) is 18.1 Å². The van der Waals surface area contributed by atoms with Crippen LogP contribution in [0.1, 0.15) is 102 Å². The molecule has 0 atom stereocenters. The number of hydrogen-bond acceptors (Lipinski definition) is 3. The maximum absolute atomic E-state index is 12.0. The zero-order valence-corrected chi connectivity index (χ0v) is 20.4. The monoisotopic (exact) mass is 443 g/mol.